The van der Waals surface area contributed by atoms with Crippen LogP contribution in [-0.4, -0.2) is 16.8 Å². The number of anilines is 3. The molecule has 22 heavy (non-hydrogen) atoms. The van der Waals surface area contributed by atoms with Crippen LogP contribution in [0.1, 0.15) is 29.8 Å². The molecule has 1 aliphatic heterocycles. The molecule has 0 radical (unpaired) electrons. The Kier molecular flexibility index (Phi) is 3.09. The minimum Gasteiger partial charge on any atom is -0.397 e. The van der Waals surface area contributed by atoms with Crippen molar-refractivity contribution in [1.29, 1.82) is 0 Å². The summed E-state index contributed by atoms with van der Waals surface area (Å²) in [5.41, 5.74) is 8.21. The maximum atomic E-state index is 12.2. The minimum atomic E-state index is -0.654. The van der Waals surface area contributed by atoms with Gasteiger partial charge in [-0.3, -0.25) is 14.6 Å². The van der Waals surface area contributed by atoms with Gasteiger partial charge in [-0.15, -0.1) is 0 Å². The summed E-state index contributed by atoms with van der Waals surface area (Å²) in [5, 5.41) is 5.58. The average molecular weight is 296 g/mol. The van der Waals surface area contributed by atoms with E-state index in [2.05, 4.69) is 15.6 Å². The molecular formula is C16H16N4O2. The zero-order valence-corrected chi connectivity index (χ0v) is 12.3. The van der Waals surface area contributed by atoms with Gasteiger partial charge in [0.2, 0.25) is 5.91 Å². The zero-order chi connectivity index (χ0) is 15.9. The third kappa shape index (κ3) is 2.18. The van der Waals surface area contributed by atoms with Crippen molar-refractivity contribution in [3.05, 3.63) is 47.8 Å². The summed E-state index contributed by atoms with van der Waals surface area (Å²) in [5.74, 6) is -0.358. The number of nitrogens with zero attached hydrogens (tertiary/aromatic N) is 1. The molecule has 0 bridgehead atoms. The monoisotopic (exact) mass is 296 g/mol. The van der Waals surface area contributed by atoms with Crippen molar-refractivity contribution in [1.82, 2.24) is 4.98 Å². The Morgan fingerprint density at radius 2 is 1.95 bits per heavy atom. The Morgan fingerprint density at radius 1 is 1.27 bits per heavy atom. The molecule has 0 saturated carbocycles. The normalized spacial score (nSPS) is 15.1. The predicted molar refractivity (Wildman–Crippen MR) is 84.7 cm³/mol. The van der Waals surface area contributed by atoms with E-state index in [-0.39, 0.29) is 11.8 Å². The molecule has 112 valence electrons. The molecule has 0 atom stereocenters. The SMILES string of the molecule is CC1(C)C(=O)Nc2cc(N)c(NC(=O)c3ccncc3)cc21. The van der Waals surface area contributed by atoms with Crippen LogP contribution in [0.5, 0.6) is 0 Å². The summed E-state index contributed by atoms with van der Waals surface area (Å²) < 4.78 is 0. The standard InChI is InChI=1S/C16H16N4O2/c1-16(2)10-7-13(11(17)8-12(10)20-15(16)22)19-14(21)9-3-5-18-6-4-9/h3-8H,17H2,1-2H3,(H,19,21)(H,20,22). The summed E-state index contributed by atoms with van der Waals surface area (Å²) >= 11 is 0. The molecule has 6 nitrogen and oxygen atoms in total. The summed E-state index contributed by atoms with van der Waals surface area (Å²) in [4.78, 5) is 28.1. The van der Waals surface area contributed by atoms with Gasteiger partial charge in [0.25, 0.3) is 5.91 Å². The van der Waals surface area contributed by atoms with Crippen LogP contribution in [0, 0.1) is 0 Å². The molecule has 1 aliphatic rings. The van der Waals surface area contributed by atoms with Gasteiger partial charge in [-0.25, -0.2) is 0 Å². The zero-order valence-electron chi connectivity index (χ0n) is 12.3. The number of hydrogen-bond acceptors (Lipinski definition) is 4. The number of amides is 2. The van der Waals surface area contributed by atoms with Gasteiger partial charge in [-0.2, -0.15) is 0 Å². The second-order valence-electron chi connectivity index (χ2n) is 5.75. The Labute approximate surface area is 127 Å². The maximum absolute atomic E-state index is 12.2. The van der Waals surface area contributed by atoms with Crippen LogP contribution in [0.3, 0.4) is 0 Å². The third-order valence-electron chi connectivity index (χ3n) is 3.87. The Bertz CT molecular complexity index is 769. The molecule has 2 amide bonds. The van der Waals surface area contributed by atoms with Crippen LogP contribution in [-0.2, 0) is 10.2 Å². The first-order chi connectivity index (χ1) is 10.4. The lowest BCUT2D eigenvalue weighted by molar-refractivity contribution is -0.119. The molecule has 0 saturated heterocycles. The lowest BCUT2D eigenvalue weighted by atomic mass is 9.86. The molecule has 1 aromatic carbocycles. The third-order valence-corrected chi connectivity index (χ3v) is 3.87. The second kappa shape index (κ2) is 4.84. The van der Waals surface area contributed by atoms with E-state index in [1.807, 2.05) is 13.8 Å². The van der Waals surface area contributed by atoms with Crippen molar-refractivity contribution >= 4 is 28.9 Å². The Hall–Kier alpha value is -2.89. The van der Waals surface area contributed by atoms with Gasteiger partial charge in [-0.05, 0) is 43.7 Å². The van der Waals surface area contributed by atoms with E-state index in [0.29, 0.717) is 22.6 Å². The number of carbonyl (C=O) groups is 2. The van der Waals surface area contributed by atoms with Gasteiger partial charge in [-0.1, -0.05) is 0 Å². The quantitative estimate of drug-likeness (QED) is 0.740. The number of fused-ring (bicyclic) bond motifs is 1. The van der Waals surface area contributed by atoms with Gasteiger partial charge in [0.05, 0.1) is 16.8 Å². The number of pyridine rings is 1. The van der Waals surface area contributed by atoms with Crippen LogP contribution in [0.2, 0.25) is 0 Å². The lowest BCUT2D eigenvalue weighted by Gasteiger charge is -2.17. The van der Waals surface area contributed by atoms with E-state index in [0.717, 1.165) is 5.56 Å². The number of nitrogens with one attached hydrogen (secondary N) is 2. The molecule has 3 rings (SSSR count). The molecule has 0 spiro atoms. The fraction of sp³-hybridized carbons (Fsp3) is 0.188. The average Bonchev–Trinajstić information content (AvgIpc) is 2.70. The highest BCUT2D eigenvalue weighted by Crippen LogP contribution is 2.41. The fourth-order valence-electron chi connectivity index (χ4n) is 2.44. The number of aromatic nitrogens is 1. The molecule has 6 heteroatoms. The molecule has 0 aliphatic carbocycles. The van der Waals surface area contributed by atoms with E-state index in [4.69, 9.17) is 5.73 Å². The lowest BCUT2D eigenvalue weighted by Crippen LogP contribution is -2.27. The maximum Gasteiger partial charge on any atom is 0.255 e. The van der Waals surface area contributed by atoms with Crippen LogP contribution in [0.25, 0.3) is 0 Å². The minimum absolute atomic E-state index is 0.0838. The summed E-state index contributed by atoms with van der Waals surface area (Å²) in [6.45, 7) is 3.66. The van der Waals surface area contributed by atoms with Gasteiger partial charge in [0, 0.05) is 23.6 Å². The number of benzene rings is 1. The number of rotatable bonds is 2. The highest BCUT2D eigenvalue weighted by Gasteiger charge is 2.38. The van der Waals surface area contributed by atoms with Gasteiger partial charge in [0.15, 0.2) is 0 Å². The Morgan fingerprint density at radius 3 is 2.64 bits per heavy atom. The van der Waals surface area contributed by atoms with E-state index in [1.165, 1.54) is 0 Å². The first kappa shape index (κ1) is 14.1. The van der Waals surface area contributed by atoms with E-state index in [9.17, 15) is 9.59 Å². The largest absolute Gasteiger partial charge is 0.397 e. The van der Waals surface area contributed by atoms with Crippen molar-refractivity contribution in [2.24, 2.45) is 0 Å². The number of hydrogen-bond donors (Lipinski definition) is 3. The topological polar surface area (TPSA) is 97.1 Å². The predicted octanol–water partition coefficient (Wildman–Crippen LogP) is 2.15. The van der Waals surface area contributed by atoms with Gasteiger partial charge < -0.3 is 16.4 Å². The van der Waals surface area contributed by atoms with Crippen LogP contribution in [0.4, 0.5) is 17.1 Å². The molecule has 1 aromatic heterocycles. The van der Waals surface area contributed by atoms with Crippen molar-refractivity contribution in [3.8, 4) is 0 Å². The first-order valence-corrected chi connectivity index (χ1v) is 6.86. The van der Waals surface area contributed by atoms with Gasteiger partial charge >= 0.3 is 0 Å². The molecular weight excluding hydrogens is 280 g/mol. The number of nitrogens with two attached hydrogens (primary N) is 1. The van der Waals surface area contributed by atoms with Crippen LogP contribution in [0.15, 0.2) is 36.7 Å². The van der Waals surface area contributed by atoms with E-state index >= 15 is 0 Å². The van der Waals surface area contributed by atoms with E-state index in [1.54, 1.807) is 36.7 Å². The van der Waals surface area contributed by atoms with Crippen LogP contribution >= 0.6 is 0 Å². The molecule has 0 fully saturated rings. The molecule has 2 aromatic rings. The highest BCUT2D eigenvalue weighted by atomic mass is 16.2. The fourth-order valence-corrected chi connectivity index (χ4v) is 2.44. The first-order valence-electron chi connectivity index (χ1n) is 6.86. The van der Waals surface area contributed by atoms with Gasteiger partial charge in [0.1, 0.15) is 0 Å². The van der Waals surface area contributed by atoms with Crippen molar-refractivity contribution in [3.63, 3.8) is 0 Å². The summed E-state index contributed by atoms with van der Waals surface area (Å²) in [6.07, 6.45) is 3.10. The Balaban J connectivity index is 1.95. The summed E-state index contributed by atoms with van der Waals surface area (Å²) in [6, 6.07) is 6.66. The smallest absolute Gasteiger partial charge is 0.255 e. The van der Waals surface area contributed by atoms with Crippen molar-refractivity contribution in [2.75, 3.05) is 16.4 Å². The molecule has 4 N–H and O–H groups in total. The van der Waals surface area contributed by atoms with Crippen LogP contribution < -0.4 is 16.4 Å². The summed E-state index contributed by atoms with van der Waals surface area (Å²) in [7, 11) is 0. The second-order valence-corrected chi connectivity index (χ2v) is 5.75. The highest BCUT2D eigenvalue weighted by molar-refractivity contribution is 6.09. The number of carbonyl (C=O) groups excluding carboxylic acids is 2. The van der Waals surface area contributed by atoms with Crippen molar-refractivity contribution in [2.45, 2.75) is 19.3 Å². The van der Waals surface area contributed by atoms with Crippen molar-refractivity contribution < 1.29 is 9.59 Å². The van der Waals surface area contributed by atoms with E-state index < -0.39 is 5.41 Å². The molecule has 0 unspecified atom stereocenters. The molecule has 2 heterocycles. The number of nitrogen functional groups attached to an aromatic ring is 1.